The summed E-state index contributed by atoms with van der Waals surface area (Å²) in [4.78, 5) is 4.41. The van der Waals surface area contributed by atoms with E-state index in [9.17, 15) is 8.42 Å². The van der Waals surface area contributed by atoms with Gasteiger partial charge in [0.05, 0.1) is 30.1 Å². The van der Waals surface area contributed by atoms with Gasteiger partial charge >= 0.3 is 0 Å². The molecule has 1 fully saturated rings. The molecule has 0 aliphatic carbocycles. The maximum atomic E-state index is 12.8. The first-order valence-electron chi connectivity index (χ1n) is 8.76. The van der Waals surface area contributed by atoms with Crippen LogP contribution in [-0.2, 0) is 27.6 Å². The van der Waals surface area contributed by atoms with Crippen LogP contribution in [0, 0.1) is 0 Å². The number of nitrogens with zero attached hydrogens (tertiary/aromatic N) is 5. The molecular formula is C17H18ClN5O4S2. The number of hydrogen-bond acceptors (Lipinski definition) is 8. The van der Waals surface area contributed by atoms with Crippen LogP contribution >= 0.6 is 23.4 Å². The Morgan fingerprint density at radius 1 is 1.24 bits per heavy atom. The molecular weight excluding hydrogens is 438 g/mol. The van der Waals surface area contributed by atoms with Crippen LogP contribution in [0.5, 0.6) is 0 Å². The van der Waals surface area contributed by atoms with Gasteiger partial charge in [-0.3, -0.25) is 0 Å². The van der Waals surface area contributed by atoms with Gasteiger partial charge in [0.1, 0.15) is 11.0 Å². The molecule has 0 N–H and O–H groups in total. The molecule has 4 rings (SSSR count). The van der Waals surface area contributed by atoms with Gasteiger partial charge in [0.15, 0.2) is 0 Å². The SMILES string of the molecule is Cn1c(Cl)cnc1CSc1nnc(-c2cccc(S(=O)(=O)N3CCOCC3)c2)o1. The number of sulfonamides is 1. The summed E-state index contributed by atoms with van der Waals surface area (Å²) in [5, 5.41) is 8.98. The monoisotopic (exact) mass is 455 g/mol. The van der Waals surface area contributed by atoms with Crippen LogP contribution in [0.4, 0.5) is 0 Å². The van der Waals surface area contributed by atoms with E-state index in [0.29, 0.717) is 48.0 Å². The van der Waals surface area contributed by atoms with Crippen LogP contribution in [0.2, 0.25) is 5.15 Å². The van der Waals surface area contributed by atoms with E-state index in [-0.39, 0.29) is 10.8 Å². The van der Waals surface area contributed by atoms with E-state index in [0.717, 1.165) is 5.82 Å². The van der Waals surface area contributed by atoms with Crippen molar-refractivity contribution in [3.63, 3.8) is 0 Å². The highest BCUT2D eigenvalue weighted by molar-refractivity contribution is 7.98. The minimum Gasteiger partial charge on any atom is -0.411 e. The van der Waals surface area contributed by atoms with Crippen molar-refractivity contribution in [2.24, 2.45) is 7.05 Å². The van der Waals surface area contributed by atoms with E-state index in [1.165, 1.54) is 16.1 Å². The largest absolute Gasteiger partial charge is 0.411 e. The molecule has 9 nitrogen and oxygen atoms in total. The Balaban J connectivity index is 1.51. The fraction of sp³-hybridized carbons (Fsp3) is 0.353. The molecule has 0 spiro atoms. The Morgan fingerprint density at radius 2 is 2.03 bits per heavy atom. The molecule has 1 aliphatic heterocycles. The first-order valence-corrected chi connectivity index (χ1v) is 11.6. The molecule has 3 heterocycles. The van der Waals surface area contributed by atoms with Gasteiger partial charge in [-0.25, -0.2) is 13.4 Å². The zero-order chi connectivity index (χ0) is 20.4. The van der Waals surface area contributed by atoms with Gasteiger partial charge in [0.2, 0.25) is 15.9 Å². The molecule has 2 aromatic heterocycles. The number of benzene rings is 1. The van der Waals surface area contributed by atoms with Gasteiger partial charge in [-0.05, 0) is 18.2 Å². The molecule has 1 aliphatic rings. The maximum Gasteiger partial charge on any atom is 0.277 e. The molecule has 1 saturated heterocycles. The van der Waals surface area contributed by atoms with Gasteiger partial charge in [-0.2, -0.15) is 4.31 Å². The molecule has 3 aromatic rings. The van der Waals surface area contributed by atoms with Crippen molar-refractivity contribution in [3.05, 3.63) is 41.4 Å². The van der Waals surface area contributed by atoms with E-state index in [2.05, 4.69) is 15.2 Å². The standard InChI is InChI=1S/C17H18ClN5O4S2/c1-22-14(18)10-19-15(22)11-28-17-21-20-16(27-17)12-3-2-4-13(9-12)29(24,25)23-5-7-26-8-6-23/h2-4,9-10H,5-8,11H2,1H3. The lowest BCUT2D eigenvalue weighted by molar-refractivity contribution is 0.0730. The fourth-order valence-corrected chi connectivity index (χ4v) is 5.15. The highest BCUT2D eigenvalue weighted by atomic mass is 35.5. The van der Waals surface area contributed by atoms with Crippen LogP contribution < -0.4 is 0 Å². The number of halogens is 1. The Kier molecular flexibility index (Phi) is 5.93. The second kappa shape index (κ2) is 8.44. The van der Waals surface area contributed by atoms with Crippen molar-refractivity contribution in [1.82, 2.24) is 24.1 Å². The third-order valence-electron chi connectivity index (χ3n) is 4.45. The van der Waals surface area contributed by atoms with Crippen LogP contribution in [0.15, 0.2) is 45.0 Å². The van der Waals surface area contributed by atoms with Crippen molar-refractivity contribution in [2.45, 2.75) is 15.9 Å². The van der Waals surface area contributed by atoms with Crippen molar-refractivity contribution >= 4 is 33.4 Å². The lowest BCUT2D eigenvalue weighted by Gasteiger charge is -2.26. The number of ether oxygens (including phenoxy) is 1. The quantitative estimate of drug-likeness (QED) is 0.522. The Labute approximate surface area is 177 Å². The Bertz CT molecular complexity index is 1110. The molecule has 0 bridgehead atoms. The summed E-state index contributed by atoms with van der Waals surface area (Å²) in [6, 6.07) is 6.50. The van der Waals surface area contributed by atoms with E-state index in [1.807, 2.05) is 7.05 Å². The van der Waals surface area contributed by atoms with Crippen LogP contribution in [0.1, 0.15) is 5.82 Å². The van der Waals surface area contributed by atoms with Gasteiger partial charge in [0, 0.05) is 25.7 Å². The summed E-state index contributed by atoms with van der Waals surface area (Å²) in [5.74, 6) is 1.54. The fourth-order valence-electron chi connectivity index (χ4n) is 2.80. The third kappa shape index (κ3) is 4.33. The molecule has 0 atom stereocenters. The summed E-state index contributed by atoms with van der Waals surface area (Å²) < 4.78 is 39.8. The molecule has 0 saturated carbocycles. The third-order valence-corrected chi connectivity index (χ3v) is 7.51. The van der Waals surface area contributed by atoms with Gasteiger partial charge in [-0.1, -0.05) is 29.4 Å². The van der Waals surface area contributed by atoms with Crippen molar-refractivity contribution in [3.8, 4) is 11.5 Å². The minimum absolute atomic E-state index is 0.187. The summed E-state index contributed by atoms with van der Waals surface area (Å²) in [7, 11) is -1.78. The number of hydrogen-bond donors (Lipinski definition) is 0. The average molecular weight is 456 g/mol. The number of rotatable bonds is 6. The van der Waals surface area contributed by atoms with Gasteiger partial charge in [-0.15, -0.1) is 10.2 Å². The zero-order valence-electron chi connectivity index (χ0n) is 15.5. The first-order chi connectivity index (χ1) is 13.9. The zero-order valence-corrected chi connectivity index (χ0v) is 17.9. The predicted molar refractivity (Wildman–Crippen MR) is 107 cm³/mol. The molecule has 154 valence electrons. The van der Waals surface area contributed by atoms with E-state index < -0.39 is 10.0 Å². The number of aromatic nitrogens is 4. The predicted octanol–water partition coefficient (Wildman–Crippen LogP) is 2.44. The minimum atomic E-state index is -3.60. The summed E-state index contributed by atoms with van der Waals surface area (Å²) in [6.45, 7) is 1.46. The average Bonchev–Trinajstić information content (AvgIpc) is 3.34. The maximum absolute atomic E-state index is 12.8. The normalized spacial score (nSPS) is 15.7. The van der Waals surface area contributed by atoms with Crippen molar-refractivity contribution in [2.75, 3.05) is 26.3 Å². The first kappa shape index (κ1) is 20.4. The van der Waals surface area contributed by atoms with Gasteiger partial charge in [0.25, 0.3) is 5.22 Å². The van der Waals surface area contributed by atoms with Gasteiger partial charge < -0.3 is 13.7 Å². The molecule has 29 heavy (non-hydrogen) atoms. The Morgan fingerprint density at radius 3 is 2.76 bits per heavy atom. The highest BCUT2D eigenvalue weighted by Gasteiger charge is 2.27. The Hall–Kier alpha value is -1.92. The van der Waals surface area contributed by atoms with E-state index in [4.69, 9.17) is 20.8 Å². The highest BCUT2D eigenvalue weighted by Crippen LogP contribution is 2.28. The van der Waals surface area contributed by atoms with Crippen molar-refractivity contribution in [1.29, 1.82) is 0 Å². The second-order valence-corrected chi connectivity index (χ2v) is 9.51. The number of imidazole rings is 1. The number of thioether (sulfide) groups is 1. The van der Waals surface area contributed by atoms with Crippen molar-refractivity contribution < 1.29 is 17.6 Å². The van der Waals surface area contributed by atoms with Crippen LogP contribution in [0.25, 0.3) is 11.5 Å². The summed E-state index contributed by atoms with van der Waals surface area (Å²) in [5.41, 5.74) is 0.540. The second-order valence-electron chi connectivity index (χ2n) is 6.26. The topological polar surface area (TPSA) is 103 Å². The summed E-state index contributed by atoms with van der Waals surface area (Å²) in [6.07, 6.45) is 1.58. The molecule has 0 radical (unpaired) electrons. The van der Waals surface area contributed by atoms with E-state index >= 15 is 0 Å². The van der Waals surface area contributed by atoms with Crippen LogP contribution in [0.3, 0.4) is 0 Å². The molecule has 0 unspecified atom stereocenters. The molecule has 12 heteroatoms. The number of morpholine rings is 1. The van der Waals surface area contributed by atoms with E-state index in [1.54, 1.807) is 35.0 Å². The lowest BCUT2D eigenvalue weighted by atomic mass is 10.2. The summed E-state index contributed by atoms with van der Waals surface area (Å²) >= 11 is 7.31. The van der Waals surface area contributed by atoms with Crippen LogP contribution in [-0.4, -0.2) is 58.8 Å². The lowest BCUT2D eigenvalue weighted by Crippen LogP contribution is -2.40. The molecule has 1 aromatic carbocycles. The smallest absolute Gasteiger partial charge is 0.277 e. The molecule has 0 amide bonds.